The van der Waals surface area contributed by atoms with E-state index in [0.29, 0.717) is 6.04 Å². The lowest BCUT2D eigenvalue weighted by Crippen LogP contribution is -2.61. The fourth-order valence-electron chi connectivity index (χ4n) is 3.37. The molecule has 0 saturated carbocycles. The van der Waals surface area contributed by atoms with Gasteiger partial charge in [-0.25, -0.2) is 0 Å². The number of piperazine rings is 1. The summed E-state index contributed by atoms with van der Waals surface area (Å²) in [5.74, 6) is 0.653. The third-order valence-corrected chi connectivity index (χ3v) is 5.37. The number of primary amides is 1. The van der Waals surface area contributed by atoms with Crippen molar-refractivity contribution in [3.8, 4) is 0 Å². The van der Waals surface area contributed by atoms with Crippen LogP contribution < -0.4 is 11.1 Å². The van der Waals surface area contributed by atoms with E-state index in [1.54, 1.807) is 0 Å². The topological polar surface area (TPSA) is 86.4 Å². The second kappa shape index (κ2) is 10.6. The van der Waals surface area contributed by atoms with Crippen molar-refractivity contribution in [1.82, 2.24) is 20.0 Å². The zero-order chi connectivity index (χ0) is 18.4. The molecular formula is C17H35IN6O2. The Balaban J connectivity index is 0.00000338. The molecule has 0 aromatic rings. The first kappa shape index (κ1) is 23.4. The van der Waals surface area contributed by atoms with Gasteiger partial charge in [0.05, 0.1) is 18.8 Å². The average molecular weight is 482 g/mol. The summed E-state index contributed by atoms with van der Waals surface area (Å²) in [7, 11) is 1.82. The van der Waals surface area contributed by atoms with E-state index in [1.807, 2.05) is 20.9 Å². The second-order valence-electron chi connectivity index (χ2n) is 7.33. The predicted molar refractivity (Wildman–Crippen MR) is 115 cm³/mol. The van der Waals surface area contributed by atoms with E-state index in [0.717, 1.165) is 65.0 Å². The zero-order valence-electron chi connectivity index (χ0n) is 16.5. The van der Waals surface area contributed by atoms with Crippen LogP contribution in [0.25, 0.3) is 0 Å². The van der Waals surface area contributed by atoms with Gasteiger partial charge in [0.1, 0.15) is 0 Å². The van der Waals surface area contributed by atoms with Crippen molar-refractivity contribution in [3.63, 3.8) is 0 Å². The van der Waals surface area contributed by atoms with Crippen molar-refractivity contribution < 1.29 is 9.53 Å². The van der Waals surface area contributed by atoms with Crippen LogP contribution in [0.1, 0.15) is 20.8 Å². The van der Waals surface area contributed by atoms with Gasteiger partial charge < -0.3 is 20.7 Å². The largest absolute Gasteiger partial charge is 0.379 e. The summed E-state index contributed by atoms with van der Waals surface area (Å²) in [6.45, 7) is 13.7. The number of amides is 1. The van der Waals surface area contributed by atoms with E-state index in [2.05, 4.69) is 31.9 Å². The Hall–Kier alpha value is -0.650. The van der Waals surface area contributed by atoms with Gasteiger partial charge in [-0.2, -0.15) is 0 Å². The highest BCUT2D eigenvalue weighted by atomic mass is 127. The van der Waals surface area contributed by atoms with Crippen LogP contribution in [-0.4, -0.2) is 104 Å². The van der Waals surface area contributed by atoms with Crippen LogP contribution in [-0.2, 0) is 9.53 Å². The summed E-state index contributed by atoms with van der Waals surface area (Å²) < 4.78 is 5.48. The van der Waals surface area contributed by atoms with E-state index in [-0.39, 0.29) is 29.9 Å². The third-order valence-electron chi connectivity index (χ3n) is 5.37. The number of carbonyl (C=O) groups excluding carboxylic acids is 1. The maximum atomic E-state index is 11.6. The minimum absolute atomic E-state index is 0. The molecule has 26 heavy (non-hydrogen) atoms. The lowest BCUT2D eigenvalue weighted by molar-refractivity contribution is -0.129. The fourth-order valence-corrected chi connectivity index (χ4v) is 3.37. The van der Waals surface area contributed by atoms with Crippen LogP contribution in [0.2, 0.25) is 0 Å². The highest BCUT2D eigenvalue weighted by Gasteiger charge is 2.35. The lowest BCUT2D eigenvalue weighted by Gasteiger charge is -2.43. The number of hydrogen-bond acceptors (Lipinski definition) is 5. The van der Waals surface area contributed by atoms with Crippen molar-refractivity contribution in [2.75, 3.05) is 66.1 Å². The predicted octanol–water partition coefficient (Wildman–Crippen LogP) is -0.218. The lowest BCUT2D eigenvalue weighted by atomic mass is 10.0. The maximum Gasteiger partial charge on any atom is 0.237 e. The molecule has 1 amide bonds. The van der Waals surface area contributed by atoms with E-state index < -0.39 is 5.54 Å². The van der Waals surface area contributed by atoms with Crippen molar-refractivity contribution in [1.29, 1.82) is 0 Å². The number of carbonyl (C=O) groups is 1. The molecule has 8 nitrogen and oxygen atoms in total. The summed E-state index contributed by atoms with van der Waals surface area (Å²) in [4.78, 5) is 22.9. The normalized spacial score (nSPS) is 23.5. The van der Waals surface area contributed by atoms with Crippen LogP contribution in [0.4, 0.5) is 0 Å². The summed E-state index contributed by atoms with van der Waals surface area (Å²) in [6, 6.07) is 0.470. The number of hydrogen-bond donors (Lipinski definition) is 2. The second-order valence-corrected chi connectivity index (χ2v) is 7.33. The van der Waals surface area contributed by atoms with Crippen LogP contribution in [0.15, 0.2) is 4.99 Å². The van der Waals surface area contributed by atoms with E-state index in [1.165, 1.54) is 0 Å². The van der Waals surface area contributed by atoms with Gasteiger partial charge in [-0.05, 0) is 20.8 Å². The Kier molecular flexibility index (Phi) is 9.56. The monoisotopic (exact) mass is 482 g/mol. The molecule has 2 heterocycles. The Morgan fingerprint density at radius 1 is 1.27 bits per heavy atom. The Bertz CT molecular complexity index is 480. The molecule has 152 valence electrons. The van der Waals surface area contributed by atoms with Crippen LogP contribution in [0, 0.1) is 0 Å². The Morgan fingerprint density at radius 2 is 1.92 bits per heavy atom. The number of halogens is 1. The molecule has 0 bridgehead atoms. The number of nitrogens with one attached hydrogen (secondary N) is 1. The first-order valence-corrected chi connectivity index (χ1v) is 9.18. The molecule has 0 radical (unpaired) electrons. The number of ether oxygens (including phenoxy) is 1. The van der Waals surface area contributed by atoms with E-state index in [4.69, 9.17) is 10.5 Å². The molecule has 2 aliphatic heterocycles. The highest BCUT2D eigenvalue weighted by molar-refractivity contribution is 14.0. The first-order valence-electron chi connectivity index (χ1n) is 9.18. The Labute approximate surface area is 174 Å². The molecule has 0 aliphatic carbocycles. The van der Waals surface area contributed by atoms with Gasteiger partial charge in [0.15, 0.2) is 5.96 Å². The van der Waals surface area contributed by atoms with Gasteiger partial charge in [-0.1, -0.05) is 0 Å². The molecule has 9 heteroatoms. The molecule has 1 unspecified atom stereocenters. The molecule has 1 atom stereocenters. The van der Waals surface area contributed by atoms with Crippen LogP contribution >= 0.6 is 24.0 Å². The molecule has 3 N–H and O–H groups in total. The molecule has 2 saturated heterocycles. The highest BCUT2D eigenvalue weighted by Crippen LogP contribution is 2.16. The Morgan fingerprint density at radius 3 is 2.46 bits per heavy atom. The minimum Gasteiger partial charge on any atom is -0.379 e. The number of aliphatic imine (C=N–C) groups is 1. The van der Waals surface area contributed by atoms with E-state index >= 15 is 0 Å². The van der Waals surface area contributed by atoms with Gasteiger partial charge in [0.2, 0.25) is 5.91 Å². The number of guanidine groups is 1. The molecule has 0 spiro atoms. The molecule has 2 aliphatic rings. The van der Waals surface area contributed by atoms with Crippen LogP contribution in [0.3, 0.4) is 0 Å². The van der Waals surface area contributed by atoms with Crippen LogP contribution in [0.5, 0.6) is 0 Å². The van der Waals surface area contributed by atoms with E-state index in [9.17, 15) is 4.79 Å². The molecule has 0 aromatic carbocycles. The molecule has 2 rings (SSSR count). The standard InChI is InChI=1S/C17H34N6O2.HI/c1-14-13-25-12-11-21(14)6-5-20-16(19-4)22-7-9-23(10-8-22)17(2,3)15(18)24;/h14H,5-13H2,1-4H3,(H2,18,24)(H,19,20);1H. The minimum atomic E-state index is -0.602. The SMILES string of the molecule is CN=C(NCCN1CCOCC1C)N1CCN(C(C)(C)C(N)=O)CC1.I. The molecular weight excluding hydrogens is 447 g/mol. The van der Waals surface area contributed by atoms with Crippen molar-refractivity contribution >= 4 is 35.8 Å². The van der Waals surface area contributed by atoms with Crippen molar-refractivity contribution in [2.24, 2.45) is 10.7 Å². The van der Waals surface area contributed by atoms with Gasteiger partial charge in [-0.15, -0.1) is 24.0 Å². The molecule has 2 fully saturated rings. The summed E-state index contributed by atoms with van der Waals surface area (Å²) in [5, 5.41) is 3.47. The summed E-state index contributed by atoms with van der Waals surface area (Å²) in [6.07, 6.45) is 0. The van der Waals surface area contributed by atoms with Gasteiger partial charge >= 0.3 is 0 Å². The number of nitrogens with two attached hydrogens (primary N) is 1. The van der Waals surface area contributed by atoms with Gasteiger partial charge in [0, 0.05) is 58.9 Å². The number of rotatable bonds is 5. The summed E-state index contributed by atoms with van der Waals surface area (Å²) >= 11 is 0. The average Bonchev–Trinajstić information content (AvgIpc) is 2.60. The number of nitrogens with zero attached hydrogens (tertiary/aromatic N) is 4. The first-order chi connectivity index (χ1) is 11.9. The third kappa shape index (κ3) is 5.93. The van der Waals surface area contributed by atoms with Crippen molar-refractivity contribution in [2.45, 2.75) is 32.4 Å². The van der Waals surface area contributed by atoms with Gasteiger partial charge in [-0.3, -0.25) is 19.6 Å². The van der Waals surface area contributed by atoms with Crippen molar-refractivity contribution in [3.05, 3.63) is 0 Å². The quantitative estimate of drug-likeness (QED) is 0.320. The van der Waals surface area contributed by atoms with Gasteiger partial charge in [0.25, 0.3) is 0 Å². The maximum absolute atomic E-state index is 11.6. The fraction of sp³-hybridized carbons (Fsp3) is 0.882. The number of morpholine rings is 1. The summed E-state index contributed by atoms with van der Waals surface area (Å²) in [5.41, 5.74) is 4.92. The zero-order valence-corrected chi connectivity index (χ0v) is 18.9. The molecule has 0 aromatic heterocycles. The smallest absolute Gasteiger partial charge is 0.237 e.